The van der Waals surface area contributed by atoms with Crippen LogP contribution in [0, 0.1) is 5.92 Å². The van der Waals surface area contributed by atoms with Gasteiger partial charge in [-0.1, -0.05) is 60.0 Å². The number of piperidine rings is 1. The maximum atomic E-state index is 13.0. The first-order chi connectivity index (χ1) is 16.8. The van der Waals surface area contributed by atoms with E-state index in [0.29, 0.717) is 22.9 Å². The minimum atomic E-state index is -0.920. The Hall–Kier alpha value is -2.28. The fourth-order valence-corrected chi connectivity index (χ4v) is 5.14. The second-order valence-electron chi connectivity index (χ2n) is 9.15. The Labute approximate surface area is 217 Å². The average Bonchev–Trinajstić information content (AvgIpc) is 2.85. The normalized spacial score (nSPS) is 15.5. The van der Waals surface area contributed by atoms with Crippen molar-refractivity contribution >= 4 is 35.1 Å². The summed E-state index contributed by atoms with van der Waals surface area (Å²) in [4.78, 5) is 27.9. The second kappa shape index (κ2) is 13.1. The van der Waals surface area contributed by atoms with Gasteiger partial charge in [-0.05, 0) is 75.9 Å². The third-order valence-corrected chi connectivity index (χ3v) is 7.31. The van der Waals surface area contributed by atoms with Crippen LogP contribution in [0.5, 0.6) is 5.75 Å². The van der Waals surface area contributed by atoms with Crippen LogP contribution >= 0.6 is 23.2 Å². The highest BCUT2D eigenvalue weighted by atomic mass is 35.5. The van der Waals surface area contributed by atoms with Gasteiger partial charge >= 0.3 is 5.97 Å². The summed E-state index contributed by atoms with van der Waals surface area (Å²) in [7, 11) is 2.15. The van der Waals surface area contributed by atoms with E-state index < -0.39 is 17.9 Å². The Morgan fingerprint density at radius 1 is 1.20 bits per heavy atom. The van der Waals surface area contributed by atoms with E-state index in [9.17, 15) is 14.7 Å². The van der Waals surface area contributed by atoms with E-state index in [-0.39, 0.29) is 29.4 Å². The molecule has 1 amide bonds. The van der Waals surface area contributed by atoms with Gasteiger partial charge in [-0.25, -0.2) is 4.79 Å². The average molecular weight is 521 g/mol. The van der Waals surface area contributed by atoms with Crippen molar-refractivity contribution in [2.24, 2.45) is 5.92 Å². The molecule has 0 aliphatic carbocycles. The molecular weight excluding hydrogens is 487 g/mol. The van der Waals surface area contributed by atoms with E-state index in [2.05, 4.69) is 17.3 Å². The van der Waals surface area contributed by atoms with E-state index in [1.807, 2.05) is 30.3 Å². The van der Waals surface area contributed by atoms with Crippen LogP contribution in [-0.2, 0) is 22.4 Å². The van der Waals surface area contributed by atoms with E-state index in [0.717, 1.165) is 31.5 Å². The third-order valence-electron chi connectivity index (χ3n) is 6.57. The number of carbonyl (C=O) groups excluding carboxylic acids is 2. The quantitative estimate of drug-likeness (QED) is 0.417. The van der Waals surface area contributed by atoms with Gasteiger partial charge in [0.15, 0.2) is 0 Å². The Balaban J connectivity index is 1.69. The fourth-order valence-electron chi connectivity index (χ4n) is 4.49. The maximum Gasteiger partial charge on any atom is 0.328 e. The number of hydrogen-bond donors (Lipinski definition) is 2. The van der Waals surface area contributed by atoms with Gasteiger partial charge in [0.25, 0.3) is 5.91 Å². The van der Waals surface area contributed by atoms with Crippen LogP contribution in [0.4, 0.5) is 0 Å². The molecule has 1 fully saturated rings. The molecule has 1 atom stereocenters. The van der Waals surface area contributed by atoms with Gasteiger partial charge in [-0.2, -0.15) is 0 Å². The van der Waals surface area contributed by atoms with Gasteiger partial charge in [0.1, 0.15) is 11.8 Å². The van der Waals surface area contributed by atoms with Gasteiger partial charge in [0.05, 0.1) is 17.2 Å². The zero-order chi connectivity index (χ0) is 25.4. The Morgan fingerprint density at radius 2 is 1.89 bits per heavy atom. The number of hydrogen-bond acceptors (Lipinski definition) is 5. The number of likely N-dealkylation sites (tertiary alicyclic amines) is 1. The number of amides is 1. The maximum absolute atomic E-state index is 13.0. The lowest BCUT2D eigenvalue weighted by molar-refractivity contribution is -0.145. The molecule has 1 saturated heterocycles. The van der Waals surface area contributed by atoms with Crippen LogP contribution in [0.2, 0.25) is 10.0 Å². The second-order valence-corrected chi connectivity index (χ2v) is 9.94. The highest BCUT2D eigenvalue weighted by Gasteiger charge is 2.26. The molecule has 0 radical (unpaired) electrons. The summed E-state index contributed by atoms with van der Waals surface area (Å²) in [6.45, 7) is 4.13. The summed E-state index contributed by atoms with van der Waals surface area (Å²) >= 11 is 13.0. The molecule has 8 heteroatoms. The number of rotatable bonds is 10. The molecular formula is C27H34Cl2N2O4. The molecule has 0 unspecified atom stereocenters. The smallest absolute Gasteiger partial charge is 0.328 e. The lowest BCUT2D eigenvalue weighted by Gasteiger charge is -2.28. The molecule has 190 valence electrons. The monoisotopic (exact) mass is 520 g/mol. The molecule has 2 aromatic carbocycles. The van der Waals surface area contributed by atoms with Crippen molar-refractivity contribution in [2.45, 2.75) is 51.5 Å². The molecule has 0 spiro atoms. The summed E-state index contributed by atoms with van der Waals surface area (Å²) < 4.78 is 5.14. The van der Waals surface area contributed by atoms with Crippen LogP contribution < -0.4 is 5.32 Å². The SMILES string of the molecule is CCOC(=O)[C@@H](Cc1ccccc1)NC(=O)c1cc(Cl)c(CCCC2CCN(C)CC2)c(Cl)c1O. The number of ether oxygens (including phenoxy) is 1. The Kier molecular flexibility index (Phi) is 10.3. The number of phenols is 1. The first kappa shape index (κ1) is 27.3. The zero-order valence-electron chi connectivity index (χ0n) is 20.4. The van der Waals surface area contributed by atoms with Crippen molar-refractivity contribution in [1.82, 2.24) is 10.2 Å². The van der Waals surface area contributed by atoms with Crippen LogP contribution in [0.3, 0.4) is 0 Å². The molecule has 35 heavy (non-hydrogen) atoms. The minimum Gasteiger partial charge on any atom is -0.506 e. The number of halogens is 2. The van der Waals surface area contributed by atoms with E-state index >= 15 is 0 Å². The lowest BCUT2D eigenvalue weighted by Crippen LogP contribution is -2.43. The van der Waals surface area contributed by atoms with E-state index in [1.165, 1.54) is 18.9 Å². The van der Waals surface area contributed by atoms with Crippen molar-refractivity contribution in [1.29, 1.82) is 0 Å². The number of aromatic hydroxyl groups is 1. The van der Waals surface area contributed by atoms with Gasteiger partial charge in [0.2, 0.25) is 0 Å². The number of nitrogens with one attached hydrogen (secondary N) is 1. The first-order valence-corrected chi connectivity index (χ1v) is 13.0. The van der Waals surface area contributed by atoms with Crippen LogP contribution in [0.25, 0.3) is 0 Å². The highest BCUT2D eigenvalue weighted by Crippen LogP contribution is 2.37. The molecule has 1 aliphatic rings. The largest absolute Gasteiger partial charge is 0.506 e. The number of phenolic OH excluding ortho intramolecular Hbond substituents is 1. The lowest BCUT2D eigenvalue weighted by atomic mass is 9.91. The molecule has 0 aromatic heterocycles. The van der Waals surface area contributed by atoms with E-state index in [4.69, 9.17) is 27.9 Å². The molecule has 0 saturated carbocycles. The summed E-state index contributed by atoms with van der Waals surface area (Å²) in [5.74, 6) is -0.831. The van der Waals surface area contributed by atoms with E-state index in [1.54, 1.807) is 6.92 Å². The fraction of sp³-hybridized carbons (Fsp3) is 0.481. The van der Waals surface area contributed by atoms with Gasteiger partial charge < -0.3 is 20.1 Å². The van der Waals surface area contributed by atoms with Crippen LogP contribution in [0.15, 0.2) is 36.4 Å². The molecule has 0 bridgehead atoms. The molecule has 1 heterocycles. The Bertz CT molecular complexity index is 1010. The van der Waals surface area contributed by atoms with Crippen molar-refractivity contribution in [3.05, 3.63) is 63.1 Å². The van der Waals surface area contributed by atoms with Crippen LogP contribution in [-0.4, -0.2) is 54.7 Å². The highest BCUT2D eigenvalue weighted by molar-refractivity contribution is 6.37. The van der Waals surface area contributed by atoms with Gasteiger partial charge in [0, 0.05) is 11.4 Å². The first-order valence-electron chi connectivity index (χ1n) is 12.2. The third kappa shape index (κ3) is 7.60. The summed E-state index contributed by atoms with van der Waals surface area (Å²) in [6.07, 6.45) is 5.23. The number of benzene rings is 2. The van der Waals surface area contributed by atoms with Crippen LogP contribution in [0.1, 0.15) is 54.1 Å². The molecule has 2 N–H and O–H groups in total. The number of nitrogens with zero attached hydrogens (tertiary/aromatic N) is 1. The molecule has 2 aromatic rings. The Morgan fingerprint density at radius 3 is 2.54 bits per heavy atom. The summed E-state index contributed by atoms with van der Waals surface area (Å²) in [5.41, 5.74) is 1.44. The van der Waals surface area contributed by atoms with Gasteiger partial charge in [-0.3, -0.25) is 4.79 Å². The van der Waals surface area contributed by atoms with Crippen molar-refractivity contribution < 1.29 is 19.4 Å². The number of carbonyl (C=O) groups is 2. The predicted molar refractivity (Wildman–Crippen MR) is 139 cm³/mol. The topological polar surface area (TPSA) is 78.9 Å². The minimum absolute atomic E-state index is 0.0681. The van der Waals surface area contributed by atoms with Crippen molar-refractivity contribution in [2.75, 3.05) is 26.7 Å². The van der Waals surface area contributed by atoms with Crippen molar-refractivity contribution in [3.63, 3.8) is 0 Å². The molecule has 3 rings (SSSR count). The standard InChI is InChI=1S/C27H34Cl2N2O4/c1-3-35-27(34)23(16-19-8-5-4-6-9-19)30-26(33)21-17-22(28)20(24(29)25(21)32)11-7-10-18-12-14-31(2)15-13-18/h4-6,8-9,17-18,23,32H,3,7,10-16H2,1-2H3,(H,30,33)/t23-/m1/s1. The summed E-state index contributed by atoms with van der Waals surface area (Å²) in [6, 6.07) is 9.82. The summed E-state index contributed by atoms with van der Waals surface area (Å²) in [5, 5.41) is 13.8. The van der Waals surface area contributed by atoms with Gasteiger partial charge in [-0.15, -0.1) is 0 Å². The number of esters is 1. The molecule has 6 nitrogen and oxygen atoms in total. The molecule has 1 aliphatic heterocycles. The predicted octanol–water partition coefficient (Wildman–Crippen LogP) is 5.27. The van der Waals surface area contributed by atoms with Crippen molar-refractivity contribution in [3.8, 4) is 5.75 Å². The zero-order valence-corrected chi connectivity index (χ0v) is 21.9.